The molecule has 0 bridgehead atoms. The number of fused-ring (bicyclic) bond motifs is 1. The van der Waals surface area contributed by atoms with Gasteiger partial charge in [-0.3, -0.25) is 4.79 Å². The number of phenolic OH excluding ortho intramolecular Hbond substituents is 1. The molecule has 0 saturated heterocycles. The molecule has 0 saturated carbocycles. The molecule has 0 aliphatic carbocycles. The first-order valence-corrected chi connectivity index (χ1v) is 8.74. The molecule has 27 heavy (non-hydrogen) atoms. The van der Waals surface area contributed by atoms with Gasteiger partial charge < -0.3 is 14.3 Å². The van der Waals surface area contributed by atoms with Crippen LogP contribution in [0.15, 0.2) is 64.3 Å². The number of ether oxygens (including phenoxy) is 1. The molecule has 138 valence electrons. The Morgan fingerprint density at radius 1 is 1.26 bits per heavy atom. The number of benzene rings is 2. The Balaban J connectivity index is 2.02. The molecular weight excluding hydrogens is 340 g/mol. The highest BCUT2D eigenvalue weighted by atomic mass is 16.5. The lowest BCUT2D eigenvalue weighted by molar-refractivity contribution is 0.365. The molecule has 0 unspecified atom stereocenters. The normalized spacial score (nSPS) is 12.3. The van der Waals surface area contributed by atoms with E-state index in [9.17, 15) is 9.90 Å². The van der Waals surface area contributed by atoms with Crippen LogP contribution in [0.3, 0.4) is 0 Å². The first-order valence-electron chi connectivity index (χ1n) is 8.74. The number of hydrogen-bond donors (Lipinski definition) is 1. The summed E-state index contributed by atoms with van der Waals surface area (Å²) in [5.41, 5.74) is 0.907. The standard InChI is InChI=1S/C23H22O4/c1-5-16(18-9-7-6-8-15(18)4)13-26-17-10-19(24)23-20(25)12-21(14(2)3)27-22(23)11-17/h5-12,14,24H,1,4,13H2,2-3H3/b18-16+. The summed E-state index contributed by atoms with van der Waals surface area (Å²) in [4.78, 5) is 12.3. The molecular formula is C23H22O4. The molecule has 3 aromatic rings. The molecule has 1 aromatic heterocycles. The highest BCUT2D eigenvalue weighted by Crippen LogP contribution is 2.30. The predicted octanol–water partition coefficient (Wildman–Crippen LogP) is 3.45. The lowest BCUT2D eigenvalue weighted by Gasteiger charge is -2.11. The highest BCUT2D eigenvalue weighted by Gasteiger charge is 2.13. The van der Waals surface area contributed by atoms with E-state index >= 15 is 0 Å². The fraction of sp³-hybridized carbons (Fsp3) is 0.174. The van der Waals surface area contributed by atoms with Crippen molar-refractivity contribution in [2.45, 2.75) is 19.8 Å². The van der Waals surface area contributed by atoms with E-state index in [0.717, 1.165) is 16.0 Å². The van der Waals surface area contributed by atoms with E-state index in [2.05, 4.69) is 13.2 Å². The van der Waals surface area contributed by atoms with Crippen LogP contribution in [-0.4, -0.2) is 11.7 Å². The average molecular weight is 362 g/mol. The van der Waals surface area contributed by atoms with Gasteiger partial charge >= 0.3 is 0 Å². The third-order valence-electron chi connectivity index (χ3n) is 4.38. The van der Waals surface area contributed by atoms with Crippen LogP contribution in [0.1, 0.15) is 25.5 Å². The van der Waals surface area contributed by atoms with Crippen molar-refractivity contribution in [3.8, 4) is 11.5 Å². The Kier molecular flexibility index (Phi) is 5.17. The molecule has 0 fully saturated rings. The zero-order valence-corrected chi connectivity index (χ0v) is 15.5. The van der Waals surface area contributed by atoms with E-state index in [0.29, 0.717) is 17.1 Å². The van der Waals surface area contributed by atoms with E-state index in [-0.39, 0.29) is 29.1 Å². The van der Waals surface area contributed by atoms with Crippen molar-refractivity contribution >= 4 is 23.1 Å². The van der Waals surface area contributed by atoms with Crippen LogP contribution < -0.4 is 20.6 Å². The summed E-state index contributed by atoms with van der Waals surface area (Å²) in [5.74, 6) is 0.866. The molecule has 0 aliphatic heterocycles. The zero-order chi connectivity index (χ0) is 19.6. The Bertz CT molecular complexity index is 1170. The maximum Gasteiger partial charge on any atom is 0.196 e. The Labute approximate surface area is 157 Å². The van der Waals surface area contributed by atoms with Crippen molar-refractivity contribution in [3.63, 3.8) is 0 Å². The lowest BCUT2D eigenvalue weighted by atomic mass is 10.1. The van der Waals surface area contributed by atoms with Crippen molar-refractivity contribution in [3.05, 3.63) is 81.5 Å². The molecule has 0 amide bonds. The fourth-order valence-corrected chi connectivity index (χ4v) is 2.87. The molecule has 0 atom stereocenters. The van der Waals surface area contributed by atoms with Gasteiger partial charge in [0, 0.05) is 24.1 Å². The maximum atomic E-state index is 12.3. The van der Waals surface area contributed by atoms with E-state index in [1.165, 1.54) is 12.1 Å². The molecule has 0 radical (unpaired) electrons. The molecule has 3 rings (SSSR count). The molecule has 4 nitrogen and oxygen atoms in total. The summed E-state index contributed by atoms with van der Waals surface area (Å²) in [6.45, 7) is 12.0. The smallest absolute Gasteiger partial charge is 0.196 e. The van der Waals surface area contributed by atoms with Gasteiger partial charge in [0.15, 0.2) is 5.43 Å². The van der Waals surface area contributed by atoms with Crippen LogP contribution in [-0.2, 0) is 0 Å². The molecule has 1 N–H and O–H groups in total. The van der Waals surface area contributed by atoms with Crippen molar-refractivity contribution < 1.29 is 14.3 Å². The Hall–Kier alpha value is -3.27. The largest absolute Gasteiger partial charge is 0.507 e. The van der Waals surface area contributed by atoms with Crippen molar-refractivity contribution in [2.75, 3.05) is 6.61 Å². The van der Waals surface area contributed by atoms with Crippen LogP contribution in [0.2, 0.25) is 0 Å². The minimum atomic E-state index is -0.270. The van der Waals surface area contributed by atoms with Crippen molar-refractivity contribution in [1.82, 2.24) is 0 Å². The molecule has 0 spiro atoms. The van der Waals surface area contributed by atoms with Gasteiger partial charge in [-0.15, -0.1) is 0 Å². The van der Waals surface area contributed by atoms with Crippen LogP contribution in [0, 0.1) is 0 Å². The fourth-order valence-electron chi connectivity index (χ4n) is 2.87. The third kappa shape index (κ3) is 3.80. The van der Waals surface area contributed by atoms with E-state index in [1.807, 2.05) is 38.1 Å². The second-order valence-corrected chi connectivity index (χ2v) is 6.66. The summed E-state index contributed by atoms with van der Waals surface area (Å²) >= 11 is 0. The lowest BCUT2D eigenvalue weighted by Crippen LogP contribution is -2.26. The summed E-state index contributed by atoms with van der Waals surface area (Å²) in [5, 5.41) is 12.3. The molecule has 4 heteroatoms. The summed E-state index contributed by atoms with van der Waals surface area (Å²) in [7, 11) is 0. The number of hydrogen-bond acceptors (Lipinski definition) is 4. The summed E-state index contributed by atoms with van der Waals surface area (Å²) < 4.78 is 11.6. The number of phenols is 1. The van der Waals surface area contributed by atoms with Gasteiger partial charge in [-0.05, 0) is 16.0 Å². The second-order valence-electron chi connectivity index (χ2n) is 6.66. The Morgan fingerprint density at radius 2 is 2.00 bits per heavy atom. The Morgan fingerprint density at radius 3 is 2.67 bits per heavy atom. The number of aromatic hydroxyl groups is 1. The van der Waals surface area contributed by atoms with Gasteiger partial charge in [0.2, 0.25) is 0 Å². The minimum absolute atomic E-state index is 0.0584. The highest BCUT2D eigenvalue weighted by molar-refractivity contribution is 5.84. The van der Waals surface area contributed by atoms with E-state index in [1.54, 1.807) is 12.1 Å². The van der Waals surface area contributed by atoms with Crippen LogP contribution >= 0.6 is 0 Å². The first-order chi connectivity index (χ1) is 12.9. The van der Waals surface area contributed by atoms with Gasteiger partial charge in [0.05, 0.1) is 0 Å². The minimum Gasteiger partial charge on any atom is -0.507 e. The van der Waals surface area contributed by atoms with Gasteiger partial charge in [0.25, 0.3) is 0 Å². The number of rotatable bonds is 5. The summed E-state index contributed by atoms with van der Waals surface area (Å²) in [6.07, 6.45) is 1.72. The third-order valence-corrected chi connectivity index (χ3v) is 4.38. The van der Waals surface area contributed by atoms with Gasteiger partial charge in [-0.25, -0.2) is 0 Å². The second kappa shape index (κ2) is 7.54. The van der Waals surface area contributed by atoms with E-state index in [4.69, 9.17) is 9.15 Å². The molecule has 1 heterocycles. The van der Waals surface area contributed by atoms with E-state index < -0.39 is 0 Å². The van der Waals surface area contributed by atoms with Gasteiger partial charge in [-0.1, -0.05) is 57.3 Å². The zero-order valence-electron chi connectivity index (χ0n) is 15.5. The quantitative estimate of drug-likeness (QED) is 0.755. The van der Waals surface area contributed by atoms with Crippen LogP contribution in [0.5, 0.6) is 11.5 Å². The van der Waals surface area contributed by atoms with Crippen molar-refractivity contribution in [2.24, 2.45) is 0 Å². The van der Waals surface area contributed by atoms with Crippen LogP contribution in [0.4, 0.5) is 0 Å². The van der Waals surface area contributed by atoms with Gasteiger partial charge in [-0.2, -0.15) is 0 Å². The molecule has 0 aliphatic rings. The maximum absolute atomic E-state index is 12.3. The molecule has 2 aromatic carbocycles. The monoisotopic (exact) mass is 362 g/mol. The van der Waals surface area contributed by atoms with Crippen molar-refractivity contribution in [1.29, 1.82) is 0 Å². The average Bonchev–Trinajstić information content (AvgIpc) is 2.62. The van der Waals surface area contributed by atoms with Crippen LogP contribution in [0.25, 0.3) is 23.1 Å². The topological polar surface area (TPSA) is 59.7 Å². The first kappa shape index (κ1) is 18.5. The SMILES string of the molecule is C=C/C(COc1cc(O)c2c(=O)cc(C(C)C)oc2c1)=c1/ccccc1=C. The summed E-state index contributed by atoms with van der Waals surface area (Å²) in [6, 6.07) is 12.2. The van der Waals surface area contributed by atoms with Gasteiger partial charge in [0.1, 0.15) is 34.8 Å². The predicted molar refractivity (Wildman–Crippen MR) is 109 cm³/mol.